The van der Waals surface area contributed by atoms with Crippen molar-refractivity contribution in [2.75, 3.05) is 40.9 Å². The van der Waals surface area contributed by atoms with Crippen LogP contribution in [0.5, 0.6) is 0 Å². The summed E-state index contributed by atoms with van der Waals surface area (Å²) in [7, 11) is 1.18. The number of amides is 1. The van der Waals surface area contributed by atoms with Crippen LogP contribution in [-0.2, 0) is 27.9 Å². The third-order valence-electron chi connectivity index (χ3n) is 13.4. The van der Waals surface area contributed by atoms with E-state index in [1.54, 1.807) is 0 Å². The monoisotopic (exact) mass is 1040 g/mol. The molecule has 1 amide bonds. The number of rotatable bonds is 55. The Hall–Kier alpha value is -2.29. The van der Waals surface area contributed by atoms with Crippen LogP contribution in [-0.4, -0.2) is 69.4 Å². The van der Waals surface area contributed by atoms with Crippen LogP contribution in [0, 0.1) is 0 Å². The van der Waals surface area contributed by atoms with Crippen LogP contribution in [0.25, 0.3) is 0 Å². The average Bonchev–Trinajstić information content (AvgIpc) is 3.35. The maximum Gasteiger partial charge on any atom is 0.306 e. The Morgan fingerprint density at radius 1 is 0.479 bits per heavy atom. The van der Waals surface area contributed by atoms with E-state index in [2.05, 4.69) is 74.7 Å². The highest BCUT2D eigenvalue weighted by Crippen LogP contribution is 2.38. The highest BCUT2D eigenvalue weighted by atomic mass is 31.2. The minimum Gasteiger partial charge on any atom is -0.756 e. The molecule has 0 heterocycles. The van der Waals surface area contributed by atoms with Gasteiger partial charge in [-0.25, -0.2) is 0 Å². The Balaban J connectivity index is 5.23. The van der Waals surface area contributed by atoms with Crippen LogP contribution in [0.2, 0.25) is 0 Å². The van der Waals surface area contributed by atoms with Gasteiger partial charge in [0.2, 0.25) is 5.91 Å². The van der Waals surface area contributed by atoms with E-state index in [1.165, 1.54) is 148 Å². The first-order valence-electron chi connectivity index (χ1n) is 30.6. The molecule has 0 aliphatic carbocycles. The molecular formula is C63H117N2O7P. The van der Waals surface area contributed by atoms with Gasteiger partial charge in [0.25, 0.3) is 7.82 Å². The second-order valence-electron chi connectivity index (χ2n) is 21.8. The van der Waals surface area contributed by atoms with Gasteiger partial charge in [0.1, 0.15) is 19.3 Å². The van der Waals surface area contributed by atoms with E-state index in [4.69, 9.17) is 13.8 Å². The minimum absolute atomic E-state index is 0.0256. The number of esters is 1. The second-order valence-corrected chi connectivity index (χ2v) is 23.3. The number of phosphoric ester groups is 1. The molecule has 10 heteroatoms. The summed E-state index contributed by atoms with van der Waals surface area (Å²) in [5.74, 6) is -0.551. The summed E-state index contributed by atoms with van der Waals surface area (Å²) >= 11 is 0. The fourth-order valence-electron chi connectivity index (χ4n) is 8.64. The summed E-state index contributed by atoms with van der Waals surface area (Å²) in [4.78, 5) is 39.9. The van der Waals surface area contributed by atoms with E-state index >= 15 is 0 Å². The predicted octanol–water partition coefficient (Wildman–Crippen LogP) is 18.0. The zero-order valence-corrected chi connectivity index (χ0v) is 49.5. The molecule has 0 saturated carbocycles. The van der Waals surface area contributed by atoms with Gasteiger partial charge in [0.15, 0.2) is 0 Å². The Bertz CT molecular complexity index is 1440. The molecule has 0 radical (unpaired) electrons. The maximum absolute atomic E-state index is 13.5. The van der Waals surface area contributed by atoms with Crippen molar-refractivity contribution < 1.29 is 37.3 Å². The SMILES string of the molecule is CCCCC/C=C\C/C=C\C/C=C\CCCCCCCCCCC(=O)NC(COP(=O)([O-])OCC[N+](C)(C)C)C(/C=C\CCCCCCCCCCC)OC(=O)CCCCCCCCC/C=C\CCCCCC. The lowest BCUT2D eigenvalue weighted by molar-refractivity contribution is -0.870. The number of unbranched alkanes of at least 4 members (excludes halogenated alkanes) is 31. The molecule has 0 spiro atoms. The number of phosphoric acid groups is 1. The Kier molecular flexibility index (Phi) is 51.5. The van der Waals surface area contributed by atoms with E-state index in [1.807, 2.05) is 33.3 Å². The number of ether oxygens (including phenoxy) is 1. The van der Waals surface area contributed by atoms with Crippen molar-refractivity contribution in [3.63, 3.8) is 0 Å². The van der Waals surface area contributed by atoms with Gasteiger partial charge in [-0.1, -0.05) is 230 Å². The molecule has 426 valence electrons. The molecule has 0 saturated heterocycles. The predicted molar refractivity (Wildman–Crippen MR) is 312 cm³/mol. The van der Waals surface area contributed by atoms with E-state index in [9.17, 15) is 19.0 Å². The molecule has 0 fully saturated rings. The first kappa shape index (κ1) is 70.7. The van der Waals surface area contributed by atoms with E-state index < -0.39 is 26.6 Å². The molecule has 0 rings (SSSR count). The Morgan fingerprint density at radius 3 is 1.30 bits per heavy atom. The lowest BCUT2D eigenvalue weighted by Gasteiger charge is -2.30. The highest BCUT2D eigenvalue weighted by molar-refractivity contribution is 7.45. The lowest BCUT2D eigenvalue weighted by Crippen LogP contribution is -2.47. The molecule has 0 aromatic carbocycles. The van der Waals surface area contributed by atoms with Crippen molar-refractivity contribution >= 4 is 19.7 Å². The minimum atomic E-state index is -4.70. The number of allylic oxidation sites excluding steroid dienone is 9. The quantitative estimate of drug-likeness (QED) is 0.0212. The van der Waals surface area contributed by atoms with Gasteiger partial charge < -0.3 is 28.5 Å². The van der Waals surface area contributed by atoms with Gasteiger partial charge in [-0.2, -0.15) is 0 Å². The summed E-state index contributed by atoms with van der Waals surface area (Å²) < 4.78 is 30.3. The van der Waals surface area contributed by atoms with Crippen molar-refractivity contribution in [2.45, 2.75) is 290 Å². The number of carbonyl (C=O) groups is 2. The zero-order valence-electron chi connectivity index (χ0n) is 48.6. The summed E-state index contributed by atoms with van der Waals surface area (Å²) in [6.07, 6.45) is 66.1. The topological polar surface area (TPSA) is 114 Å². The third kappa shape index (κ3) is 54.3. The van der Waals surface area contributed by atoms with Gasteiger partial charge in [-0.3, -0.25) is 14.2 Å². The fraction of sp³-hybridized carbons (Fsp3) is 0.810. The molecule has 9 nitrogen and oxygen atoms in total. The molecule has 3 atom stereocenters. The fourth-order valence-corrected chi connectivity index (χ4v) is 9.36. The second kappa shape index (κ2) is 53.1. The average molecular weight is 1050 g/mol. The molecule has 0 bridgehead atoms. The molecule has 73 heavy (non-hydrogen) atoms. The van der Waals surface area contributed by atoms with E-state index in [0.717, 1.165) is 96.3 Å². The molecule has 1 N–H and O–H groups in total. The lowest BCUT2D eigenvalue weighted by atomic mass is 10.0. The molecule has 3 unspecified atom stereocenters. The van der Waals surface area contributed by atoms with E-state index in [0.29, 0.717) is 17.4 Å². The third-order valence-corrected chi connectivity index (χ3v) is 14.4. The van der Waals surface area contributed by atoms with Crippen LogP contribution in [0.1, 0.15) is 278 Å². The number of likely N-dealkylation sites (N-methyl/N-ethyl adjacent to an activating group) is 1. The van der Waals surface area contributed by atoms with Gasteiger partial charge in [-0.05, 0) is 96.0 Å². The van der Waals surface area contributed by atoms with E-state index in [-0.39, 0.29) is 24.9 Å². The summed E-state index contributed by atoms with van der Waals surface area (Å²) in [6.45, 7) is 6.80. The van der Waals surface area contributed by atoms with Gasteiger partial charge >= 0.3 is 5.97 Å². The first-order valence-corrected chi connectivity index (χ1v) is 32.1. The van der Waals surface area contributed by atoms with Crippen LogP contribution in [0.4, 0.5) is 0 Å². The Morgan fingerprint density at radius 2 is 0.836 bits per heavy atom. The maximum atomic E-state index is 13.5. The summed E-state index contributed by atoms with van der Waals surface area (Å²) in [5, 5.41) is 3.02. The highest BCUT2D eigenvalue weighted by Gasteiger charge is 2.27. The van der Waals surface area contributed by atoms with Gasteiger partial charge in [0.05, 0.1) is 33.8 Å². The zero-order chi connectivity index (χ0) is 53.6. The van der Waals surface area contributed by atoms with Crippen molar-refractivity contribution in [2.24, 2.45) is 0 Å². The van der Waals surface area contributed by atoms with Crippen LogP contribution in [0.15, 0.2) is 60.8 Å². The van der Waals surface area contributed by atoms with Crippen molar-refractivity contribution in [1.82, 2.24) is 5.32 Å². The number of nitrogens with one attached hydrogen (secondary N) is 1. The molecular weight excluding hydrogens is 928 g/mol. The van der Waals surface area contributed by atoms with Crippen molar-refractivity contribution in [3.05, 3.63) is 60.8 Å². The van der Waals surface area contributed by atoms with Crippen LogP contribution in [0.3, 0.4) is 0 Å². The number of quaternary nitrogens is 1. The molecule has 0 aliphatic rings. The molecule has 0 aromatic heterocycles. The smallest absolute Gasteiger partial charge is 0.306 e. The van der Waals surface area contributed by atoms with Gasteiger partial charge in [-0.15, -0.1) is 0 Å². The standard InChI is InChI=1S/C63H117N2O7P/c1-7-10-13-16-19-22-25-27-29-30-31-32-33-34-36-37-40-43-46-49-52-55-62(66)64-60(59-71-73(68,69)70-58-57-65(4,5)6)61(54-51-48-45-42-39-24-21-18-15-12-9-3)72-63(67)56-53-50-47-44-41-38-35-28-26-23-20-17-14-11-8-2/h19,22-23,26-27,29,31-32,51,54,60-61H,7-18,20-21,24-25,28,30,33-50,52-53,55-59H2,1-6H3,(H-,64,66,68,69)/b22-19-,26-23-,29-27-,32-31-,54-51-. The number of nitrogens with zero attached hydrogens (tertiary/aromatic N) is 1. The first-order chi connectivity index (χ1) is 35.4. The van der Waals surface area contributed by atoms with Crippen molar-refractivity contribution in [3.8, 4) is 0 Å². The number of hydrogen-bond donors (Lipinski definition) is 1. The largest absolute Gasteiger partial charge is 0.756 e. The summed E-state index contributed by atoms with van der Waals surface area (Å²) in [5.41, 5.74) is 0. The Labute approximate surface area is 451 Å². The normalized spacial score (nSPS) is 14.1. The van der Waals surface area contributed by atoms with Gasteiger partial charge in [0, 0.05) is 12.8 Å². The number of carbonyl (C=O) groups excluding carboxylic acids is 2. The van der Waals surface area contributed by atoms with Crippen LogP contribution < -0.4 is 10.2 Å². The van der Waals surface area contributed by atoms with Crippen LogP contribution >= 0.6 is 7.82 Å². The molecule has 0 aliphatic heterocycles. The summed E-state index contributed by atoms with van der Waals surface area (Å²) in [6, 6.07) is -0.894. The number of hydrogen-bond acceptors (Lipinski definition) is 7. The molecule has 0 aromatic rings. The van der Waals surface area contributed by atoms with Crippen molar-refractivity contribution in [1.29, 1.82) is 0 Å².